The van der Waals surface area contributed by atoms with Crippen LogP contribution >= 0.6 is 0 Å². The van der Waals surface area contributed by atoms with Crippen molar-refractivity contribution < 1.29 is 14.6 Å². The van der Waals surface area contributed by atoms with E-state index in [4.69, 9.17) is 20.9 Å². The summed E-state index contributed by atoms with van der Waals surface area (Å²) in [5.41, 5.74) is 12.4. The van der Waals surface area contributed by atoms with E-state index in [2.05, 4.69) is 0 Å². The zero-order chi connectivity index (χ0) is 13.5. The highest BCUT2D eigenvalue weighted by Gasteiger charge is 2.18. The summed E-state index contributed by atoms with van der Waals surface area (Å²) in [5, 5.41) is 9.56. The first-order valence-corrected chi connectivity index (χ1v) is 6.04. The quantitative estimate of drug-likeness (QED) is 0.642. The molecular formula is C13H22N2O3. The topological polar surface area (TPSA) is 90.7 Å². The van der Waals surface area contributed by atoms with Gasteiger partial charge in [0.15, 0.2) is 0 Å². The number of unbranched alkanes of at least 4 members (excludes halogenated alkanes) is 1. The van der Waals surface area contributed by atoms with Crippen LogP contribution in [0.5, 0.6) is 17.2 Å². The van der Waals surface area contributed by atoms with E-state index in [0.29, 0.717) is 18.0 Å². The van der Waals surface area contributed by atoms with E-state index < -0.39 is 0 Å². The average molecular weight is 254 g/mol. The zero-order valence-electron chi connectivity index (χ0n) is 11.0. The van der Waals surface area contributed by atoms with Crippen molar-refractivity contribution in [1.29, 1.82) is 0 Å². The number of nitrogens with two attached hydrogens (primary N) is 2. The predicted octanol–water partition coefficient (Wildman–Crippen LogP) is 1.54. The second-order valence-corrected chi connectivity index (χ2v) is 4.15. The standard InChI is InChI=1S/C13H22N2O3/c1-17-11-7-9(16)8-12(18-2)13(11)10(15)5-3-4-6-14/h7-8,10,16H,3-6,14-15H2,1-2H3/t10-/m0/s1. The molecule has 0 aliphatic carbocycles. The van der Waals surface area contributed by atoms with E-state index in [0.717, 1.165) is 24.8 Å². The molecule has 0 fully saturated rings. The Bertz CT molecular complexity index is 357. The molecule has 5 nitrogen and oxygen atoms in total. The highest BCUT2D eigenvalue weighted by atomic mass is 16.5. The van der Waals surface area contributed by atoms with Crippen LogP contribution in [0.25, 0.3) is 0 Å². The minimum absolute atomic E-state index is 0.0987. The van der Waals surface area contributed by atoms with Crippen molar-refractivity contribution in [2.75, 3.05) is 20.8 Å². The summed E-state index contributed by atoms with van der Waals surface area (Å²) in [5.74, 6) is 1.20. The number of methoxy groups -OCH3 is 2. The van der Waals surface area contributed by atoms with Crippen LogP contribution in [0.2, 0.25) is 0 Å². The molecule has 0 heterocycles. The monoisotopic (exact) mass is 254 g/mol. The van der Waals surface area contributed by atoms with Gasteiger partial charge in [0.25, 0.3) is 0 Å². The van der Waals surface area contributed by atoms with Gasteiger partial charge in [-0.15, -0.1) is 0 Å². The van der Waals surface area contributed by atoms with Gasteiger partial charge >= 0.3 is 0 Å². The summed E-state index contributed by atoms with van der Waals surface area (Å²) < 4.78 is 10.5. The van der Waals surface area contributed by atoms with Gasteiger partial charge in [-0.2, -0.15) is 0 Å². The third kappa shape index (κ3) is 3.51. The summed E-state index contributed by atoms with van der Waals surface area (Å²) in [6.45, 7) is 0.663. The van der Waals surface area contributed by atoms with E-state index in [1.54, 1.807) is 26.4 Å². The van der Waals surface area contributed by atoms with Crippen molar-refractivity contribution in [2.24, 2.45) is 11.5 Å². The molecule has 18 heavy (non-hydrogen) atoms. The second-order valence-electron chi connectivity index (χ2n) is 4.15. The van der Waals surface area contributed by atoms with Gasteiger partial charge < -0.3 is 26.0 Å². The van der Waals surface area contributed by atoms with E-state index in [1.165, 1.54) is 0 Å². The molecule has 0 radical (unpaired) electrons. The van der Waals surface area contributed by atoms with Crippen molar-refractivity contribution in [3.05, 3.63) is 17.7 Å². The zero-order valence-corrected chi connectivity index (χ0v) is 11.0. The number of phenols is 1. The van der Waals surface area contributed by atoms with Crippen LogP contribution in [0.15, 0.2) is 12.1 Å². The molecule has 0 spiro atoms. The molecule has 0 amide bonds. The maximum absolute atomic E-state index is 9.56. The van der Waals surface area contributed by atoms with E-state index in [1.807, 2.05) is 0 Å². The van der Waals surface area contributed by atoms with Gasteiger partial charge in [0.1, 0.15) is 17.2 Å². The van der Waals surface area contributed by atoms with Crippen LogP contribution < -0.4 is 20.9 Å². The summed E-state index contributed by atoms with van der Waals surface area (Å²) in [4.78, 5) is 0. The minimum atomic E-state index is -0.193. The lowest BCUT2D eigenvalue weighted by atomic mass is 9.99. The summed E-state index contributed by atoms with van der Waals surface area (Å²) in [6.07, 6.45) is 2.69. The van der Waals surface area contributed by atoms with Crippen LogP contribution in [-0.4, -0.2) is 25.9 Å². The molecule has 1 atom stereocenters. The van der Waals surface area contributed by atoms with Crippen LogP contribution in [-0.2, 0) is 0 Å². The number of phenolic OH excluding ortho intramolecular Hbond substituents is 1. The molecule has 0 saturated carbocycles. The fourth-order valence-corrected chi connectivity index (χ4v) is 1.94. The molecule has 1 aromatic carbocycles. The third-order valence-electron chi connectivity index (χ3n) is 2.87. The van der Waals surface area contributed by atoms with E-state index in [-0.39, 0.29) is 11.8 Å². The largest absolute Gasteiger partial charge is 0.508 e. The Balaban J connectivity index is 2.96. The Morgan fingerprint density at radius 1 is 1.17 bits per heavy atom. The summed E-state index contributed by atoms with van der Waals surface area (Å²) >= 11 is 0. The van der Waals surface area contributed by atoms with E-state index in [9.17, 15) is 5.11 Å². The molecule has 5 heteroatoms. The molecule has 0 aromatic heterocycles. The lowest BCUT2D eigenvalue weighted by molar-refractivity contribution is 0.368. The Morgan fingerprint density at radius 3 is 2.17 bits per heavy atom. The van der Waals surface area contributed by atoms with Gasteiger partial charge in [0.05, 0.1) is 19.8 Å². The molecule has 5 N–H and O–H groups in total. The maximum Gasteiger partial charge on any atom is 0.131 e. The molecule has 0 aliphatic heterocycles. The van der Waals surface area contributed by atoms with Crippen LogP contribution in [0.3, 0.4) is 0 Å². The summed E-state index contributed by atoms with van der Waals surface area (Å²) in [7, 11) is 3.09. The Kier molecular flexibility index (Phi) is 5.74. The lowest BCUT2D eigenvalue weighted by Gasteiger charge is -2.19. The normalized spacial score (nSPS) is 12.2. The molecule has 1 aromatic rings. The molecule has 102 valence electrons. The Morgan fingerprint density at radius 2 is 1.72 bits per heavy atom. The van der Waals surface area contributed by atoms with Crippen LogP contribution in [0.1, 0.15) is 30.9 Å². The molecule has 0 bridgehead atoms. The van der Waals surface area contributed by atoms with Crippen molar-refractivity contribution in [3.63, 3.8) is 0 Å². The molecule has 0 aliphatic rings. The third-order valence-corrected chi connectivity index (χ3v) is 2.87. The molecule has 0 saturated heterocycles. The minimum Gasteiger partial charge on any atom is -0.508 e. The fourth-order valence-electron chi connectivity index (χ4n) is 1.94. The van der Waals surface area contributed by atoms with Crippen LogP contribution in [0, 0.1) is 0 Å². The van der Waals surface area contributed by atoms with Gasteiger partial charge in [0, 0.05) is 18.2 Å². The number of hydrogen-bond acceptors (Lipinski definition) is 5. The molecule has 0 unspecified atom stereocenters. The number of rotatable bonds is 7. The highest BCUT2D eigenvalue weighted by Crippen LogP contribution is 2.38. The van der Waals surface area contributed by atoms with Crippen molar-refractivity contribution in [2.45, 2.75) is 25.3 Å². The first-order valence-electron chi connectivity index (χ1n) is 6.04. The van der Waals surface area contributed by atoms with E-state index >= 15 is 0 Å². The highest BCUT2D eigenvalue weighted by molar-refractivity contribution is 5.51. The number of aromatic hydroxyl groups is 1. The van der Waals surface area contributed by atoms with Crippen LogP contribution in [0.4, 0.5) is 0 Å². The number of hydrogen-bond donors (Lipinski definition) is 3. The Labute approximate surface area is 108 Å². The van der Waals surface area contributed by atoms with Crippen molar-refractivity contribution >= 4 is 0 Å². The fraction of sp³-hybridized carbons (Fsp3) is 0.538. The number of benzene rings is 1. The lowest BCUT2D eigenvalue weighted by Crippen LogP contribution is -2.13. The van der Waals surface area contributed by atoms with Gasteiger partial charge in [0.2, 0.25) is 0 Å². The summed E-state index contributed by atoms with van der Waals surface area (Å²) in [6, 6.07) is 2.89. The SMILES string of the molecule is COc1cc(O)cc(OC)c1[C@@H](N)CCCCN. The van der Waals surface area contributed by atoms with Crippen molar-refractivity contribution in [1.82, 2.24) is 0 Å². The second kappa shape index (κ2) is 7.08. The van der Waals surface area contributed by atoms with Gasteiger partial charge in [-0.05, 0) is 19.4 Å². The molecule has 1 rings (SSSR count). The smallest absolute Gasteiger partial charge is 0.131 e. The number of ether oxygens (including phenoxy) is 2. The Hall–Kier alpha value is -1.46. The first kappa shape index (κ1) is 14.6. The van der Waals surface area contributed by atoms with Gasteiger partial charge in [-0.25, -0.2) is 0 Å². The van der Waals surface area contributed by atoms with Gasteiger partial charge in [-0.1, -0.05) is 6.42 Å². The van der Waals surface area contributed by atoms with Crippen molar-refractivity contribution in [3.8, 4) is 17.2 Å². The maximum atomic E-state index is 9.56. The van der Waals surface area contributed by atoms with Gasteiger partial charge in [-0.3, -0.25) is 0 Å². The molecular weight excluding hydrogens is 232 g/mol. The predicted molar refractivity (Wildman–Crippen MR) is 71.0 cm³/mol. The average Bonchev–Trinajstić information content (AvgIpc) is 2.37. The first-order chi connectivity index (χ1) is 8.63.